The fourth-order valence-corrected chi connectivity index (χ4v) is 15.3. The monoisotopic (exact) mass is 556 g/mol. The summed E-state index contributed by atoms with van der Waals surface area (Å²) in [6.07, 6.45) is 7.95. The molecule has 0 N–H and O–H groups in total. The standard InChI is InChI=1S/C11H6BrS.C9H7.2ClH.S.Zr/c12-11-9-5-7-3-1-2-4-8(7)10(9)6-13-11;1-2-5-9-7-3-6-8(9)4-1;;;;/h1-5,11H;1-4,7H,6H2;2*1H;;/q;;;;;+2/p-2. The Balaban J connectivity index is 0.000000980. The quantitative estimate of drug-likeness (QED) is 0.470. The molecule has 1 unspecified atom stereocenters. The predicted molar refractivity (Wildman–Crippen MR) is 108 cm³/mol. The molecule has 5 rings (SSSR count). The summed E-state index contributed by atoms with van der Waals surface area (Å²) in [6.45, 7) is 0. The number of hydrogen-bond acceptors (Lipinski definition) is 2. The van der Waals surface area contributed by atoms with Crippen LogP contribution >= 0.6 is 36.5 Å². The molecule has 0 fully saturated rings. The van der Waals surface area contributed by atoms with Crippen LogP contribution in [0.4, 0.5) is 0 Å². The van der Waals surface area contributed by atoms with E-state index in [0.29, 0.717) is 4.16 Å². The van der Waals surface area contributed by atoms with E-state index in [4.69, 9.17) is 8.86 Å². The molecule has 2 aromatic rings. The average molecular weight is 559 g/mol. The maximum absolute atomic E-state index is 6.25. The van der Waals surface area contributed by atoms with Crippen LogP contribution in [0.25, 0.3) is 17.7 Å². The molecule has 0 amide bonds. The van der Waals surface area contributed by atoms with Crippen molar-refractivity contribution >= 4 is 57.5 Å². The zero-order valence-corrected chi connectivity index (χ0v) is 20.7. The van der Waals surface area contributed by atoms with Crippen LogP contribution in [0.5, 0.6) is 0 Å². The molecule has 26 heavy (non-hydrogen) atoms. The van der Waals surface area contributed by atoms with E-state index in [0.717, 1.165) is 6.42 Å². The average Bonchev–Trinajstić information content (AvgIpc) is 3.29. The minimum atomic E-state index is -2.30. The van der Waals surface area contributed by atoms with E-state index in [2.05, 4.69) is 76.6 Å². The zero-order chi connectivity index (χ0) is 16.3. The van der Waals surface area contributed by atoms with Crippen LogP contribution in [0.15, 0.2) is 56.7 Å². The number of rotatable bonds is 2. The van der Waals surface area contributed by atoms with E-state index in [1.165, 1.54) is 39.3 Å². The molecule has 2 aliphatic carbocycles. The predicted octanol–water partition coefficient (Wildman–Crippen LogP) is -0.146. The first-order valence-corrected chi connectivity index (χ1v) is 15.6. The van der Waals surface area contributed by atoms with Crippen molar-refractivity contribution in [3.05, 3.63) is 79.0 Å². The molecular weight excluding hydrogens is 546 g/mol. The fourth-order valence-electron chi connectivity index (χ4n) is 3.68. The normalized spacial score (nSPS) is 18.2. The second kappa shape index (κ2) is 8.27. The number of thioether (sulfide) groups is 1. The van der Waals surface area contributed by atoms with Gasteiger partial charge < -0.3 is 24.8 Å². The Morgan fingerprint density at radius 3 is 2.73 bits per heavy atom. The number of hydrogen-bond donors (Lipinski definition) is 0. The molecule has 1 aliphatic heterocycles. The Hall–Kier alpha value is 0.173. The Morgan fingerprint density at radius 2 is 1.88 bits per heavy atom. The van der Waals surface area contributed by atoms with Gasteiger partial charge in [-0.15, -0.1) is 0 Å². The molecular formula is C20H13BrCl2S2Zr. The Morgan fingerprint density at radius 1 is 1.08 bits per heavy atom. The van der Waals surface area contributed by atoms with Crippen molar-refractivity contribution < 1.29 is 44.5 Å². The van der Waals surface area contributed by atoms with Crippen molar-refractivity contribution in [1.29, 1.82) is 0 Å². The van der Waals surface area contributed by atoms with Gasteiger partial charge in [0.05, 0.1) is 0 Å². The van der Waals surface area contributed by atoms with Gasteiger partial charge in [0.2, 0.25) is 0 Å². The van der Waals surface area contributed by atoms with Crippen LogP contribution in [0.1, 0.15) is 22.3 Å². The number of halogens is 3. The van der Waals surface area contributed by atoms with Crippen LogP contribution in [0.2, 0.25) is 0 Å². The first kappa shape index (κ1) is 20.9. The van der Waals surface area contributed by atoms with E-state index in [1.54, 1.807) is 0 Å². The Labute approximate surface area is 189 Å². The molecule has 0 spiro atoms. The number of benzene rings is 2. The van der Waals surface area contributed by atoms with Crippen LogP contribution < -0.4 is 28.1 Å². The van der Waals surface area contributed by atoms with E-state index in [9.17, 15) is 0 Å². The molecule has 3 aliphatic rings. The topological polar surface area (TPSA) is 0 Å². The van der Waals surface area contributed by atoms with Gasteiger partial charge in [-0.2, -0.15) is 0 Å². The summed E-state index contributed by atoms with van der Waals surface area (Å²) in [6, 6.07) is 15.5. The molecule has 1 atom stereocenters. The first-order valence-electron chi connectivity index (χ1n) is 7.93. The Kier molecular flexibility index (Phi) is 6.65. The van der Waals surface area contributed by atoms with Crippen molar-refractivity contribution in [3.8, 4) is 0 Å². The summed E-state index contributed by atoms with van der Waals surface area (Å²) in [7, 11) is 6.25. The maximum atomic E-state index is 6.25. The summed E-state index contributed by atoms with van der Waals surface area (Å²) >= 11 is 3.53. The Bertz CT molecular complexity index is 1010. The molecule has 130 valence electrons. The third-order valence-corrected chi connectivity index (χ3v) is 16.0. The molecule has 2 aromatic carbocycles. The number of allylic oxidation sites excluding steroid dienone is 2. The summed E-state index contributed by atoms with van der Waals surface area (Å²) in [5, 5.41) is 0. The fraction of sp³-hybridized carbons (Fsp3) is 0.100. The van der Waals surface area contributed by atoms with Crippen LogP contribution in [-0.4, -0.2) is 4.16 Å². The van der Waals surface area contributed by atoms with E-state index >= 15 is 0 Å². The molecule has 0 nitrogen and oxygen atoms in total. The molecule has 0 saturated carbocycles. The minimum absolute atomic E-state index is 0. The number of alkyl halides is 1. The van der Waals surface area contributed by atoms with E-state index < -0.39 is 19.7 Å². The van der Waals surface area contributed by atoms with Gasteiger partial charge in [0.1, 0.15) is 0 Å². The van der Waals surface area contributed by atoms with Crippen molar-refractivity contribution in [2.75, 3.05) is 0 Å². The van der Waals surface area contributed by atoms with Gasteiger partial charge in [0.15, 0.2) is 0 Å². The van der Waals surface area contributed by atoms with Gasteiger partial charge in [-0.25, -0.2) is 0 Å². The van der Waals surface area contributed by atoms with Gasteiger partial charge in [0.25, 0.3) is 0 Å². The van der Waals surface area contributed by atoms with Gasteiger partial charge in [-0.05, 0) is 0 Å². The molecule has 6 heteroatoms. The van der Waals surface area contributed by atoms with Crippen molar-refractivity contribution in [2.45, 2.75) is 10.6 Å². The first-order chi connectivity index (χ1) is 11.7. The van der Waals surface area contributed by atoms with Crippen molar-refractivity contribution in [3.63, 3.8) is 0 Å². The van der Waals surface area contributed by atoms with Crippen LogP contribution in [0.3, 0.4) is 0 Å². The van der Waals surface area contributed by atoms with Crippen molar-refractivity contribution in [1.82, 2.24) is 0 Å². The number of fused-ring (bicyclic) bond motifs is 4. The molecule has 0 bridgehead atoms. The van der Waals surface area contributed by atoms with E-state index in [-0.39, 0.29) is 24.8 Å². The molecule has 0 radical (unpaired) electrons. The SMILES string of the molecule is [Cl-].[Cl-].[S]=[Zr+2]([C]1=C2C(=Cc3ccccc32)C(Br)S1)[c]1cccc2c1C=CC2. The summed E-state index contributed by atoms with van der Waals surface area (Å²) in [4.78, 5) is 0. The molecule has 1 heterocycles. The summed E-state index contributed by atoms with van der Waals surface area (Å²) in [5.41, 5.74) is 8.45. The third kappa shape index (κ3) is 3.25. The van der Waals surface area contributed by atoms with Crippen molar-refractivity contribution in [2.24, 2.45) is 0 Å². The second-order valence-corrected chi connectivity index (χ2v) is 16.3. The van der Waals surface area contributed by atoms with Crippen LogP contribution in [-0.2, 0) is 26.1 Å². The third-order valence-electron chi connectivity index (χ3n) is 4.79. The molecule has 0 aromatic heterocycles. The summed E-state index contributed by atoms with van der Waals surface area (Å²) in [5.74, 6) is 0. The van der Waals surface area contributed by atoms with Gasteiger partial charge in [-0.3, -0.25) is 0 Å². The van der Waals surface area contributed by atoms with E-state index in [1.807, 2.05) is 11.8 Å². The van der Waals surface area contributed by atoms with Gasteiger partial charge in [0, 0.05) is 0 Å². The second-order valence-electron chi connectivity index (χ2n) is 6.14. The van der Waals surface area contributed by atoms with Crippen LogP contribution in [0, 0.1) is 0 Å². The van der Waals surface area contributed by atoms with Gasteiger partial charge in [-0.1, -0.05) is 0 Å². The zero-order valence-electron chi connectivity index (χ0n) is 13.5. The molecule has 0 saturated heterocycles. The van der Waals surface area contributed by atoms with Gasteiger partial charge >= 0.3 is 167 Å². The summed E-state index contributed by atoms with van der Waals surface area (Å²) < 4.78 is 3.33.